The molecule has 0 aromatic carbocycles. The highest BCUT2D eigenvalue weighted by atomic mass is 32.1. The van der Waals surface area contributed by atoms with E-state index >= 15 is 0 Å². The number of hydrogen-bond donors (Lipinski definition) is 2. The first-order valence-electron chi connectivity index (χ1n) is 6.75. The van der Waals surface area contributed by atoms with Crippen molar-refractivity contribution in [2.45, 2.75) is 33.7 Å². The van der Waals surface area contributed by atoms with Gasteiger partial charge < -0.3 is 10.4 Å². The van der Waals surface area contributed by atoms with Crippen LogP contribution in [0, 0.1) is 19.8 Å². The van der Waals surface area contributed by atoms with Crippen molar-refractivity contribution in [1.82, 2.24) is 14.7 Å². The van der Waals surface area contributed by atoms with Gasteiger partial charge in [0.15, 0.2) is 4.96 Å². The number of carbonyl (C=O) groups is 2. The zero-order chi connectivity index (χ0) is 16.6. The van der Waals surface area contributed by atoms with Crippen molar-refractivity contribution >= 4 is 28.2 Å². The minimum atomic E-state index is -1.01. The molecule has 8 heteroatoms. The monoisotopic (exact) mass is 323 g/mol. The molecule has 1 amide bonds. The number of nitrogens with one attached hydrogen (secondary N) is 1. The van der Waals surface area contributed by atoms with Gasteiger partial charge in [0.1, 0.15) is 5.56 Å². The molecule has 0 spiro atoms. The van der Waals surface area contributed by atoms with Gasteiger partial charge in [-0.05, 0) is 27.7 Å². The van der Waals surface area contributed by atoms with Crippen molar-refractivity contribution in [3.63, 3.8) is 0 Å². The van der Waals surface area contributed by atoms with Crippen LogP contribution in [0.25, 0.3) is 4.96 Å². The van der Waals surface area contributed by atoms with E-state index in [4.69, 9.17) is 5.11 Å². The fourth-order valence-corrected chi connectivity index (χ4v) is 2.88. The van der Waals surface area contributed by atoms with E-state index in [2.05, 4.69) is 10.3 Å². The molecule has 2 atom stereocenters. The van der Waals surface area contributed by atoms with Crippen molar-refractivity contribution < 1.29 is 14.7 Å². The molecule has 118 valence electrons. The van der Waals surface area contributed by atoms with Crippen LogP contribution in [0.2, 0.25) is 0 Å². The third-order valence-corrected chi connectivity index (χ3v) is 4.83. The number of rotatable bonds is 4. The number of aryl methyl sites for hydroxylation is 2. The van der Waals surface area contributed by atoms with Crippen molar-refractivity contribution in [2.24, 2.45) is 5.92 Å². The fraction of sp³-hybridized carbons (Fsp3) is 0.429. The first-order valence-corrected chi connectivity index (χ1v) is 7.57. The van der Waals surface area contributed by atoms with Gasteiger partial charge in [-0.15, -0.1) is 11.3 Å². The second kappa shape index (κ2) is 5.88. The first-order chi connectivity index (χ1) is 10.2. The summed E-state index contributed by atoms with van der Waals surface area (Å²) in [5.41, 5.74) is 0.210. The van der Waals surface area contributed by atoms with Crippen LogP contribution in [0.3, 0.4) is 0 Å². The zero-order valence-electron chi connectivity index (χ0n) is 12.7. The van der Waals surface area contributed by atoms with E-state index in [-0.39, 0.29) is 5.56 Å². The van der Waals surface area contributed by atoms with Gasteiger partial charge in [0.25, 0.3) is 11.5 Å². The second-order valence-corrected chi connectivity index (χ2v) is 6.41. The number of amides is 1. The van der Waals surface area contributed by atoms with Crippen molar-refractivity contribution in [3.05, 3.63) is 32.7 Å². The van der Waals surface area contributed by atoms with E-state index in [1.807, 2.05) is 6.92 Å². The number of thiazole rings is 1. The van der Waals surface area contributed by atoms with Crippen molar-refractivity contribution in [3.8, 4) is 0 Å². The molecule has 0 aliphatic rings. The standard InChI is InChI=1S/C14H17N3O4S/c1-6(13(20)21)7(2)16-11(18)10-5-15-14-17(12(10)19)8(3)9(4)22-14/h5-7H,1-4H3,(H,16,18)(H,20,21). The van der Waals surface area contributed by atoms with Crippen LogP contribution in [0.4, 0.5) is 0 Å². The van der Waals surface area contributed by atoms with Crippen LogP contribution in [0.15, 0.2) is 11.0 Å². The molecule has 0 fully saturated rings. The summed E-state index contributed by atoms with van der Waals surface area (Å²) in [7, 11) is 0. The summed E-state index contributed by atoms with van der Waals surface area (Å²) in [6, 6.07) is -0.601. The van der Waals surface area contributed by atoms with Gasteiger partial charge in [-0.25, -0.2) is 4.98 Å². The summed E-state index contributed by atoms with van der Waals surface area (Å²) in [4.78, 5) is 41.2. The van der Waals surface area contributed by atoms with E-state index in [0.717, 1.165) is 10.6 Å². The Morgan fingerprint density at radius 1 is 1.36 bits per heavy atom. The molecular weight excluding hydrogens is 306 g/mol. The Hall–Kier alpha value is -2.22. The molecule has 0 saturated heterocycles. The molecule has 0 radical (unpaired) electrons. The Bertz CT molecular complexity index is 808. The fourth-order valence-electron chi connectivity index (χ4n) is 1.96. The summed E-state index contributed by atoms with van der Waals surface area (Å²) >= 11 is 1.38. The third-order valence-electron chi connectivity index (χ3n) is 3.76. The maximum atomic E-state index is 12.4. The maximum Gasteiger partial charge on any atom is 0.308 e. The quantitative estimate of drug-likeness (QED) is 0.881. The second-order valence-electron chi connectivity index (χ2n) is 5.23. The third kappa shape index (κ3) is 2.74. The van der Waals surface area contributed by atoms with Gasteiger partial charge >= 0.3 is 5.97 Å². The van der Waals surface area contributed by atoms with Gasteiger partial charge in [0.2, 0.25) is 0 Å². The molecule has 2 aromatic rings. The van der Waals surface area contributed by atoms with Gasteiger partial charge in [0.05, 0.1) is 5.92 Å². The normalized spacial score (nSPS) is 13.8. The number of hydrogen-bond acceptors (Lipinski definition) is 5. The van der Waals surface area contributed by atoms with Crippen LogP contribution in [0.1, 0.15) is 34.8 Å². The number of aromatic nitrogens is 2. The summed E-state index contributed by atoms with van der Waals surface area (Å²) in [5.74, 6) is -2.38. The summed E-state index contributed by atoms with van der Waals surface area (Å²) in [6.07, 6.45) is 1.24. The van der Waals surface area contributed by atoms with E-state index < -0.39 is 29.4 Å². The number of fused-ring (bicyclic) bond motifs is 1. The number of nitrogens with zero attached hydrogens (tertiary/aromatic N) is 2. The highest BCUT2D eigenvalue weighted by molar-refractivity contribution is 7.17. The van der Waals surface area contributed by atoms with E-state index in [0.29, 0.717) is 4.96 Å². The highest BCUT2D eigenvalue weighted by Crippen LogP contribution is 2.18. The molecule has 22 heavy (non-hydrogen) atoms. The maximum absolute atomic E-state index is 12.4. The van der Waals surface area contributed by atoms with Crippen LogP contribution >= 0.6 is 11.3 Å². The summed E-state index contributed by atoms with van der Waals surface area (Å²) < 4.78 is 1.40. The lowest BCUT2D eigenvalue weighted by molar-refractivity contribution is -0.141. The summed E-state index contributed by atoms with van der Waals surface area (Å²) in [6.45, 7) is 6.75. The first kappa shape index (κ1) is 16.2. The average Bonchev–Trinajstić information content (AvgIpc) is 2.73. The minimum absolute atomic E-state index is 0.0946. The van der Waals surface area contributed by atoms with Crippen molar-refractivity contribution in [2.75, 3.05) is 0 Å². The van der Waals surface area contributed by atoms with Gasteiger partial charge in [-0.2, -0.15) is 0 Å². The molecule has 2 N–H and O–H groups in total. The lowest BCUT2D eigenvalue weighted by Gasteiger charge is -2.17. The lowest BCUT2D eigenvalue weighted by atomic mass is 10.0. The van der Waals surface area contributed by atoms with Gasteiger partial charge in [0, 0.05) is 22.8 Å². The molecule has 2 aromatic heterocycles. The Kier molecular flexibility index (Phi) is 4.32. The van der Waals surface area contributed by atoms with Gasteiger partial charge in [-0.1, -0.05) is 0 Å². The van der Waals surface area contributed by atoms with E-state index in [9.17, 15) is 14.4 Å². The van der Waals surface area contributed by atoms with Crippen LogP contribution in [-0.4, -0.2) is 32.4 Å². The van der Waals surface area contributed by atoms with Gasteiger partial charge in [-0.3, -0.25) is 18.8 Å². The minimum Gasteiger partial charge on any atom is -0.481 e. The molecule has 7 nitrogen and oxygen atoms in total. The number of carboxylic acids is 1. The summed E-state index contributed by atoms with van der Waals surface area (Å²) in [5, 5.41) is 11.5. The predicted molar refractivity (Wildman–Crippen MR) is 82.5 cm³/mol. The molecule has 0 saturated carbocycles. The van der Waals surface area contributed by atoms with E-state index in [1.54, 1.807) is 13.8 Å². The van der Waals surface area contributed by atoms with E-state index in [1.165, 1.54) is 28.9 Å². The number of aliphatic carboxylic acids is 1. The largest absolute Gasteiger partial charge is 0.481 e. The predicted octanol–water partition coefficient (Wildman–Crippen LogP) is 1.21. The molecule has 0 aliphatic carbocycles. The molecule has 0 bridgehead atoms. The number of carboxylic acid groups (broad SMARTS) is 1. The number of carbonyl (C=O) groups excluding carboxylic acids is 1. The molecule has 2 rings (SSSR count). The van der Waals surface area contributed by atoms with Crippen molar-refractivity contribution in [1.29, 1.82) is 0 Å². The Balaban J connectivity index is 2.37. The Labute approximate surface area is 130 Å². The zero-order valence-corrected chi connectivity index (χ0v) is 13.5. The van der Waals surface area contributed by atoms with Crippen LogP contribution < -0.4 is 10.9 Å². The average molecular weight is 323 g/mol. The lowest BCUT2D eigenvalue weighted by Crippen LogP contribution is -2.42. The molecule has 0 aliphatic heterocycles. The smallest absolute Gasteiger partial charge is 0.308 e. The SMILES string of the molecule is Cc1sc2ncc(C(=O)NC(C)C(C)C(=O)O)c(=O)n2c1C. The molecule has 2 unspecified atom stereocenters. The molecule has 2 heterocycles. The molecular formula is C14H17N3O4S. The van der Waals surface area contributed by atoms with Crippen LogP contribution in [0.5, 0.6) is 0 Å². The van der Waals surface area contributed by atoms with Crippen LogP contribution in [-0.2, 0) is 4.79 Å². The highest BCUT2D eigenvalue weighted by Gasteiger charge is 2.23. The Morgan fingerprint density at radius 3 is 2.59 bits per heavy atom. The topological polar surface area (TPSA) is 101 Å². The Morgan fingerprint density at radius 2 is 2.00 bits per heavy atom.